The van der Waals surface area contributed by atoms with Crippen LogP contribution in [0.3, 0.4) is 0 Å². The standard InChI is InChI=1S/C18H16FN3O3/c19-12-5-7-13(8-6-12)22(10-9-17(20)23)18(24)11-15-14-3-1-2-4-16(14)25-21-15/h1-8H,9-11H2,(H2,20,23). The summed E-state index contributed by atoms with van der Waals surface area (Å²) >= 11 is 0. The van der Waals surface area contributed by atoms with Crippen molar-refractivity contribution in [2.24, 2.45) is 5.73 Å². The zero-order valence-electron chi connectivity index (χ0n) is 13.3. The fourth-order valence-corrected chi connectivity index (χ4v) is 2.55. The number of para-hydroxylation sites is 1. The van der Waals surface area contributed by atoms with Gasteiger partial charge >= 0.3 is 0 Å². The van der Waals surface area contributed by atoms with E-state index in [4.69, 9.17) is 10.3 Å². The predicted molar refractivity (Wildman–Crippen MR) is 90.3 cm³/mol. The molecule has 1 heterocycles. The molecular formula is C18H16FN3O3. The summed E-state index contributed by atoms with van der Waals surface area (Å²) in [6.45, 7) is 0.107. The van der Waals surface area contributed by atoms with Gasteiger partial charge in [0.05, 0.1) is 6.42 Å². The summed E-state index contributed by atoms with van der Waals surface area (Å²) in [5, 5.41) is 4.70. The molecule has 6 nitrogen and oxygen atoms in total. The van der Waals surface area contributed by atoms with Crippen molar-refractivity contribution in [3.05, 3.63) is 60.0 Å². The Labute approximate surface area is 143 Å². The number of halogens is 1. The summed E-state index contributed by atoms with van der Waals surface area (Å²) in [6, 6.07) is 12.7. The van der Waals surface area contributed by atoms with Crippen LogP contribution in [0.1, 0.15) is 12.1 Å². The fourth-order valence-electron chi connectivity index (χ4n) is 2.55. The van der Waals surface area contributed by atoms with Crippen molar-refractivity contribution in [1.82, 2.24) is 5.16 Å². The van der Waals surface area contributed by atoms with E-state index >= 15 is 0 Å². The minimum atomic E-state index is -0.521. The van der Waals surface area contributed by atoms with Crippen LogP contribution >= 0.6 is 0 Å². The predicted octanol–water partition coefficient (Wildman–Crippen LogP) is 2.42. The van der Waals surface area contributed by atoms with Crippen molar-refractivity contribution < 1.29 is 18.5 Å². The highest BCUT2D eigenvalue weighted by molar-refractivity contribution is 5.97. The summed E-state index contributed by atoms with van der Waals surface area (Å²) in [4.78, 5) is 25.2. The van der Waals surface area contributed by atoms with E-state index in [2.05, 4.69) is 5.16 Å². The third-order valence-electron chi connectivity index (χ3n) is 3.79. The number of rotatable bonds is 6. The molecule has 0 radical (unpaired) electrons. The first-order valence-electron chi connectivity index (χ1n) is 7.72. The van der Waals surface area contributed by atoms with Crippen LogP contribution in [-0.4, -0.2) is 23.5 Å². The Hall–Kier alpha value is -3.22. The lowest BCUT2D eigenvalue weighted by Gasteiger charge is -2.22. The van der Waals surface area contributed by atoms with Crippen molar-refractivity contribution in [2.75, 3.05) is 11.4 Å². The largest absolute Gasteiger partial charge is 0.370 e. The molecular weight excluding hydrogens is 325 g/mol. The first-order valence-corrected chi connectivity index (χ1v) is 7.72. The molecule has 2 N–H and O–H groups in total. The van der Waals surface area contributed by atoms with Gasteiger partial charge in [-0.05, 0) is 36.4 Å². The Kier molecular flexibility index (Phi) is 4.74. The van der Waals surface area contributed by atoms with Crippen LogP contribution < -0.4 is 10.6 Å². The number of hydrogen-bond donors (Lipinski definition) is 1. The van der Waals surface area contributed by atoms with Gasteiger partial charge in [-0.1, -0.05) is 17.3 Å². The molecule has 0 saturated carbocycles. The number of hydrogen-bond acceptors (Lipinski definition) is 4. The number of primary amides is 1. The summed E-state index contributed by atoms with van der Waals surface area (Å²) < 4.78 is 18.3. The number of fused-ring (bicyclic) bond motifs is 1. The summed E-state index contributed by atoms with van der Waals surface area (Å²) in [5.41, 5.74) is 6.78. The highest BCUT2D eigenvalue weighted by atomic mass is 19.1. The van der Waals surface area contributed by atoms with Crippen molar-refractivity contribution in [3.63, 3.8) is 0 Å². The van der Waals surface area contributed by atoms with Gasteiger partial charge in [0.15, 0.2) is 5.58 Å². The zero-order chi connectivity index (χ0) is 17.8. The third kappa shape index (κ3) is 3.82. The first kappa shape index (κ1) is 16.6. The van der Waals surface area contributed by atoms with Crippen LogP contribution in [0, 0.1) is 5.82 Å². The van der Waals surface area contributed by atoms with Gasteiger partial charge in [0, 0.05) is 24.0 Å². The highest BCUT2D eigenvalue weighted by Gasteiger charge is 2.20. The number of nitrogens with zero attached hydrogens (tertiary/aromatic N) is 2. The number of nitrogens with two attached hydrogens (primary N) is 1. The van der Waals surface area contributed by atoms with E-state index in [9.17, 15) is 14.0 Å². The third-order valence-corrected chi connectivity index (χ3v) is 3.79. The van der Waals surface area contributed by atoms with Gasteiger partial charge < -0.3 is 15.2 Å². The Bertz CT molecular complexity index is 905. The molecule has 0 bridgehead atoms. The quantitative estimate of drug-likeness (QED) is 0.745. The van der Waals surface area contributed by atoms with E-state index in [1.807, 2.05) is 18.2 Å². The number of carbonyl (C=O) groups excluding carboxylic acids is 2. The first-order chi connectivity index (χ1) is 12.0. The average molecular weight is 341 g/mol. The summed E-state index contributed by atoms with van der Waals surface area (Å²) in [5.74, 6) is -1.22. The Morgan fingerprint density at radius 3 is 2.56 bits per heavy atom. The Morgan fingerprint density at radius 2 is 1.84 bits per heavy atom. The maximum absolute atomic E-state index is 13.1. The lowest BCUT2D eigenvalue weighted by Crippen LogP contribution is -2.35. The molecule has 0 aliphatic heterocycles. The van der Waals surface area contributed by atoms with Crippen molar-refractivity contribution in [1.29, 1.82) is 0 Å². The monoisotopic (exact) mass is 341 g/mol. The van der Waals surface area contributed by atoms with Gasteiger partial charge in [0.1, 0.15) is 11.5 Å². The number of amides is 2. The van der Waals surface area contributed by atoms with Crippen LogP contribution in [-0.2, 0) is 16.0 Å². The number of aromatic nitrogens is 1. The molecule has 128 valence electrons. The number of carbonyl (C=O) groups is 2. The van der Waals surface area contributed by atoms with E-state index < -0.39 is 11.7 Å². The average Bonchev–Trinajstić information content (AvgIpc) is 2.99. The van der Waals surface area contributed by atoms with E-state index in [-0.39, 0.29) is 25.3 Å². The molecule has 0 fully saturated rings. The van der Waals surface area contributed by atoms with Gasteiger partial charge in [0.25, 0.3) is 0 Å². The smallest absolute Gasteiger partial charge is 0.233 e. The molecule has 7 heteroatoms. The highest BCUT2D eigenvalue weighted by Crippen LogP contribution is 2.21. The maximum atomic E-state index is 13.1. The summed E-state index contributed by atoms with van der Waals surface area (Å²) in [7, 11) is 0. The van der Waals surface area contributed by atoms with Gasteiger partial charge in [-0.3, -0.25) is 9.59 Å². The lowest BCUT2D eigenvalue weighted by atomic mass is 10.1. The molecule has 25 heavy (non-hydrogen) atoms. The van der Waals surface area contributed by atoms with Crippen molar-refractivity contribution in [2.45, 2.75) is 12.8 Å². The van der Waals surface area contributed by atoms with E-state index in [1.54, 1.807) is 6.07 Å². The molecule has 0 aliphatic rings. The van der Waals surface area contributed by atoms with Gasteiger partial charge in [0.2, 0.25) is 11.8 Å². The molecule has 2 aromatic carbocycles. The zero-order valence-corrected chi connectivity index (χ0v) is 13.3. The Balaban J connectivity index is 1.85. The second-order valence-electron chi connectivity index (χ2n) is 5.54. The second-order valence-corrected chi connectivity index (χ2v) is 5.54. The van der Waals surface area contributed by atoms with E-state index in [0.29, 0.717) is 17.0 Å². The lowest BCUT2D eigenvalue weighted by molar-refractivity contribution is -0.118. The second kappa shape index (κ2) is 7.12. The van der Waals surface area contributed by atoms with Crippen LogP contribution in [0.5, 0.6) is 0 Å². The molecule has 1 aromatic heterocycles. The fraction of sp³-hybridized carbons (Fsp3) is 0.167. The number of anilines is 1. The minimum absolute atomic E-state index is 0.00266. The number of benzene rings is 2. The van der Waals surface area contributed by atoms with Crippen LogP contribution in [0.4, 0.5) is 10.1 Å². The SMILES string of the molecule is NC(=O)CCN(C(=O)Cc1noc2ccccc12)c1ccc(F)cc1. The Morgan fingerprint density at radius 1 is 1.12 bits per heavy atom. The molecule has 0 atom stereocenters. The molecule has 0 saturated heterocycles. The van der Waals surface area contributed by atoms with Crippen LogP contribution in [0.25, 0.3) is 11.0 Å². The van der Waals surface area contributed by atoms with Crippen molar-refractivity contribution >= 4 is 28.5 Å². The normalized spacial score (nSPS) is 10.8. The van der Waals surface area contributed by atoms with E-state index in [0.717, 1.165) is 5.39 Å². The molecule has 3 rings (SSSR count). The minimum Gasteiger partial charge on any atom is -0.370 e. The van der Waals surface area contributed by atoms with E-state index in [1.165, 1.54) is 29.2 Å². The van der Waals surface area contributed by atoms with Gasteiger partial charge in [-0.25, -0.2) is 4.39 Å². The molecule has 0 unspecified atom stereocenters. The van der Waals surface area contributed by atoms with Crippen LogP contribution in [0.15, 0.2) is 53.1 Å². The summed E-state index contributed by atoms with van der Waals surface area (Å²) in [6.07, 6.45) is -0.00414. The maximum Gasteiger partial charge on any atom is 0.233 e. The van der Waals surface area contributed by atoms with Crippen molar-refractivity contribution in [3.8, 4) is 0 Å². The molecule has 3 aromatic rings. The topological polar surface area (TPSA) is 89.4 Å². The van der Waals surface area contributed by atoms with Gasteiger partial charge in [-0.15, -0.1) is 0 Å². The molecule has 0 aliphatic carbocycles. The van der Waals surface area contributed by atoms with Crippen LogP contribution in [0.2, 0.25) is 0 Å². The molecule has 2 amide bonds. The molecule has 0 spiro atoms. The van der Waals surface area contributed by atoms with Gasteiger partial charge in [-0.2, -0.15) is 0 Å².